The van der Waals surface area contributed by atoms with Crippen LogP contribution < -0.4 is 5.32 Å². The summed E-state index contributed by atoms with van der Waals surface area (Å²) in [5, 5.41) is 5.28. The number of halogens is 1. The molecule has 3 heterocycles. The van der Waals surface area contributed by atoms with E-state index in [1.165, 1.54) is 23.3 Å². The molecule has 158 valence electrons. The van der Waals surface area contributed by atoms with E-state index in [1.807, 2.05) is 36.7 Å². The van der Waals surface area contributed by atoms with Gasteiger partial charge in [0.15, 0.2) is 0 Å². The van der Waals surface area contributed by atoms with Crippen LogP contribution in [0, 0.1) is 0 Å². The Hall–Kier alpha value is -1.81. The second-order valence-corrected chi connectivity index (χ2v) is 10.9. The number of nitrogens with zero attached hydrogens (tertiary/aromatic N) is 3. The van der Waals surface area contributed by atoms with E-state index in [4.69, 9.17) is 0 Å². The summed E-state index contributed by atoms with van der Waals surface area (Å²) in [6.45, 7) is 3.04. The van der Waals surface area contributed by atoms with Gasteiger partial charge in [-0.15, -0.1) is 0 Å². The van der Waals surface area contributed by atoms with Crippen molar-refractivity contribution in [3.63, 3.8) is 0 Å². The predicted octanol–water partition coefficient (Wildman–Crippen LogP) is 5.04. The zero-order chi connectivity index (χ0) is 21.1. The molecule has 0 bridgehead atoms. The number of benzene rings is 1. The fraction of sp³-hybridized carbons (Fsp3) is 0.333. The molecule has 2 aromatic heterocycles. The van der Waals surface area contributed by atoms with Crippen LogP contribution in [0.3, 0.4) is 0 Å². The summed E-state index contributed by atoms with van der Waals surface area (Å²) in [6.07, 6.45) is 5.09. The van der Waals surface area contributed by atoms with Crippen molar-refractivity contribution in [1.29, 1.82) is 0 Å². The van der Waals surface area contributed by atoms with Crippen LogP contribution >= 0.6 is 27.5 Å². The fourth-order valence-electron chi connectivity index (χ4n) is 3.69. The van der Waals surface area contributed by atoms with Gasteiger partial charge in [0.2, 0.25) is 10.0 Å². The zero-order valence-corrected chi connectivity index (χ0v) is 19.8. The summed E-state index contributed by atoms with van der Waals surface area (Å²) in [5.74, 6) is 0.820. The number of anilines is 1. The topological polar surface area (TPSA) is 75.2 Å². The molecule has 1 N–H and O–H groups in total. The number of hydrogen-bond acceptors (Lipinski definition) is 6. The van der Waals surface area contributed by atoms with Crippen LogP contribution in [0.25, 0.3) is 0 Å². The maximum atomic E-state index is 13.3. The largest absolute Gasteiger partial charge is 0.363 e. The SMILES string of the molecule is CC(Nc1ncc(S(=O)(=O)N2CCCC(c3ccccc3)C2)cc1Br)c1cnsc1. The Balaban J connectivity index is 1.51. The molecule has 1 aliphatic heterocycles. The highest BCUT2D eigenvalue weighted by molar-refractivity contribution is 9.10. The Labute approximate surface area is 189 Å². The summed E-state index contributed by atoms with van der Waals surface area (Å²) in [5.41, 5.74) is 2.25. The quantitative estimate of drug-likeness (QED) is 0.506. The van der Waals surface area contributed by atoms with Gasteiger partial charge in [-0.3, -0.25) is 0 Å². The zero-order valence-electron chi connectivity index (χ0n) is 16.5. The third kappa shape index (κ3) is 4.59. The van der Waals surface area contributed by atoms with Crippen LogP contribution in [0.15, 0.2) is 63.5 Å². The highest BCUT2D eigenvalue weighted by Gasteiger charge is 2.31. The van der Waals surface area contributed by atoms with Gasteiger partial charge in [0.25, 0.3) is 0 Å². The first-order valence-corrected chi connectivity index (χ1v) is 12.9. The van der Waals surface area contributed by atoms with E-state index in [1.54, 1.807) is 10.4 Å². The summed E-state index contributed by atoms with van der Waals surface area (Å²) in [6, 6.07) is 11.8. The van der Waals surface area contributed by atoms with Gasteiger partial charge in [-0.25, -0.2) is 17.8 Å². The molecular formula is C21H23BrN4O2S2. The second-order valence-electron chi connectivity index (χ2n) is 7.44. The van der Waals surface area contributed by atoms with Crippen molar-refractivity contribution >= 4 is 43.3 Å². The lowest BCUT2D eigenvalue weighted by atomic mass is 9.92. The minimum Gasteiger partial charge on any atom is -0.363 e. The average Bonchev–Trinajstić information content (AvgIpc) is 3.31. The number of sulfonamides is 1. The minimum absolute atomic E-state index is 0.0173. The first-order valence-electron chi connectivity index (χ1n) is 9.81. The lowest BCUT2D eigenvalue weighted by Crippen LogP contribution is -2.39. The number of pyridine rings is 1. The Bertz CT molecular complexity index is 1090. The van der Waals surface area contributed by atoms with Crippen molar-refractivity contribution in [2.75, 3.05) is 18.4 Å². The number of hydrogen-bond donors (Lipinski definition) is 1. The number of piperidine rings is 1. The van der Waals surface area contributed by atoms with Crippen molar-refractivity contribution in [2.24, 2.45) is 0 Å². The first kappa shape index (κ1) is 21.4. The molecule has 1 saturated heterocycles. The molecule has 1 fully saturated rings. The lowest BCUT2D eigenvalue weighted by Gasteiger charge is -2.32. The molecule has 0 amide bonds. The molecule has 30 heavy (non-hydrogen) atoms. The van der Waals surface area contributed by atoms with Crippen molar-refractivity contribution < 1.29 is 8.42 Å². The molecule has 1 aromatic carbocycles. The Kier molecular flexibility index (Phi) is 6.52. The number of nitrogens with one attached hydrogen (secondary N) is 1. The van der Waals surface area contributed by atoms with Crippen LogP contribution in [0.2, 0.25) is 0 Å². The smallest absolute Gasteiger partial charge is 0.244 e. The van der Waals surface area contributed by atoms with Crippen LogP contribution in [-0.2, 0) is 10.0 Å². The summed E-state index contributed by atoms with van der Waals surface area (Å²) >= 11 is 4.88. The van der Waals surface area contributed by atoms with Gasteiger partial charge in [-0.2, -0.15) is 4.31 Å². The van der Waals surface area contributed by atoms with Crippen LogP contribution in [0.4, 0.5) is 5.82 Å². The van der Waals surface area contributed by atoms with Gasteiger partial charge in [-0.1, -0.05) is 30.3 Å². The fourth-order valence-corrected chi connectivity index (χ4v) is 6.43. The highest BCUT2D eigenvalue weighted by Crippen LogP contribution is 2.32. The molecular weight excluding hydrogens is 484 g/mol. The van der Waals surface area contributed by atoms with Crippen molar-refractivity contribution in [1.82, 2.24) is 13.7 Å². The normalized spacial score (nSPS) is 18.8. The molecule has 0 aliphatic carbocycles. The van der Waals surface area contributed by atoms with E-state index in [0.29, 0.717) is 23.4 Å². The standard InChI is InChI=1S/C21H23BrN4O2S2/c1-15(18-11-24-29-14-18)25-21-20(22)10-19(12-23-21)30(27,28)26-9-5-8-17(13-26)16-6-3-2-4-7-16/h2-4,6-7,10-12,14-15,17H,5,8-9,13H2,1H3,(H,23,25). The van der Waals surface area contributed by atoms with Crippen molar-refractivity contribution in [3.05, 3.63) is 69.8 Å². The van der Waals surface area contributed by atoms with E-state index < -0.39 is 10.0 Å². The molecule has 0 saturated carbocycles. The molecule has 0 radical (unpaired) electrons. The molecule has 3 aromatic rings. The second kappa shape index (κ2) is 9.13. The van der Waals surface area contributed by atoms with Crippen LogP contribution in [0.1, 0.15) is 42.9 Å². The average molecular weight is 507 g/mol. The van der Waals surface area contributed by atoms with E-state index >= 15 is 0 Å². The summed E-state index contributed by atoms with van der Waals surface area (Å²) in [7, 11) is -3.61. The molecule has 1 aliphatic rings. The van der Waals surface area contributed by atoms with Gasteiger partial charge in [-0.05, 0) is 64.8 Å². The maximum absolute atomic E-state index is 13.3. The Morgan fingerprint density at radius 1 is 1.27 bits per heavy atom. The van der Waals surface area contributed by atoms with Gasteiger partial charge < -0.3 is 5.32 Å². The Morgan fingerprint density at radius 3 is 2.77 bits per heavy atom. The third-order valence-electron chi connectivity index (χ3n) is 5.41. The van der Waals surface area contributed by atoms with Gasteiger partial charge in [0.05, 0.1) is 10.5 Å². The van der Waals surface area contributed by atoms with Gasteiger partial charge in [0, 0.05) is 36.4 Å². The van der Waals surface area contributed by atoms with E-state index in [-0.39, 0.29) is 16.9 Å². The maximum Gasteiger partial charge on any atom is 0.244 e. The first-order chi connectivity index (χ1) is 14.4. The minimum atomic E-state index is -3.61. The predicted molar refractivity (Wildman–Crippen MR) is 123 cm³/mol. The Morgan fingerprint density at radius 2 is 2.07 bits per heavy atom. The van der Waals surface area contributed by atoms with Gasteiger partial charge in [0.1, 0.15) is 10.7 Å². The monoisotopic (exact) mass is 506 g/mol. The molecule has 4 rings (SSSR count). The molecule has 6 nitrogen and oxygen atoms in total. The van der Waals surface area contributed by atoms with E-state index in [2.05, 4.69) is 42.7 Å². The van der Waals surface area contributed by atoms with Crippen molar-refractivity contribution in [2.45, 2.75) is 36.6 Å². The number of aromatic nitrogens is 2. The van der Waals surface area contributed by atoms with E-state index in [0.717, 1.165) is 18.4 Å². The summed E-state index contributed by atoms with van der Waals surface area (Å²) in [4.78, 5) is 4.59. The molecule has 9 heteroatoms. The van der Waals surface area contributed by atoms with Crippen LogP contribution in [-0.4, -0.2) is 35.2 Å². The van der Waals surface area contributed by atoms with Crippen molar-refractivity contribution in [3.8, 4) is 0 Å². The highest BCUT2D eigenvalue weighted by atomic mass is 79.9. The van der Waals surface area contributed by atoms with E-state index in [9.17, 15) is 8.42 Å². The lowest BCUT2D eigenvalue weighted by molar-refractivity contribution is 0.315. The van der Waals surface area contributed by atoms with Gasteiger partial charge >= 0.3 is 0 Å². The number of rotatable bonds is 6. The summed E-state index contributed by atoms with van der Waals surface area (Å²) < 4.78 is 32.9. The molecule has 0 spiro atoms. The van der Waals surface area contributed by atoms with Crippen LogP contribution in [0.5, 0.6) is 0 Å². The molecule has 2 atom stereocenters. The third-order valence-corrected chi connectivity index (χ3v) is 8.45. The molecule has 2 unspecified atom stereocenters.